The van der Waals surface area contributed by atoms with Crippen molar-refractivity contribution in [2.24, 2.45) is 0 Å². The third-order valence-electron chi connectivity index (χ3n) is 4.17. The van der Waals surface area contributed by atoms with Gasteiger partial charge in [-0.05, 0) is 31.4 Å². The van der Waals surface area contributed by atoms with Crippen LogP contribution in [0.1, 0.15) is 55.1 Å². The fraction of sp³-hybridized carbons (Fsp3) is 0.625. The Morgan fingerprint density at radius 1 is 1.38 bits per heavy atom. The number of hydrogen-bond donors (Lipinski definition) is 2. The zero-order valence-electron chi connectivity index (χ0n) is 12.7. The highest BCUT2D eigenvalue weighted by molar-refractivity contribution is 5.88. The first kappa shape index (κ1) is 15.8. The molecule has 1 saturated carbocycles. The van der Waals surface area contributed by atoms with Crippen LogP contribution in [0.15, 0.2) is 12.1 Å². The Morgan fingerprint density at radius 3 is 2.71 bits per heavy atom. The van der Waals surface area contributed by atoms with Crippen LogP contribution in [0, 0.1) is 0 Å². The molecule has 2 unspecified atom stereocenters. The van der Waals surface area contributed by atoms with E-state index in [4.69, 9.17) is 0 Å². The summed E-state index contributed by atoms with van der Waals surface area (Å²) in [4.78, 5) is 17.8. The third-order valence-corrected chi connectivity index (χ3v) is 4.17. The third kappa shape index (κ3) is 3.73. The number of hydrogen-bond acceptors (Lipinski definition) is 4. The normalized spacial score (nSPS) is 22.0. The van der Waals surface area contributed by atoms with Crippen molar-refractivity contribution in [3.63, 3.8) is 0 Å². The van der Waals surface area contributed by atoms with Gasteiger partial charge in [-0.25, -0.2) is 9.78 Å². The molecule has 1 heterocycles. The number of carbonyl (C=O) groups is 1. The number of carboxylic acid groups (broad SMARTS) is 1. The van der Waals surface area contributed by atoms with E-state index in [-0.39, 0.29) is 17.7 Å². The molecule has 2 atom stereocenters. The van der Waals surface area contributed by atoms with Crippen molar-refractivity contribution >= 4 is 11.8 Å². The number of likely N-dealkylation sites (N-methyl/N-ethyl adjacent to an activating group) is 1. The zero-order chi connectivity index (χ0) is 15.4. The number of aromatic carboxylic acids is 1. The SMILES string of the molecule is CCCc1cc(C(=O)O)cc(N(C)C2CCCCC2O)n1. The number of anilines is 1. The summed E-state index contributed by atoms with van der Waals surface area (Å²) in [5.74, 6) is -0.294. The summed E-state index contributed by atoms with van der Waals surface area (Å²) < 4.78 is 0. The number of pyridine rings is 1. The number of rotatable bonds is 5. The van der Waals surface area contributed by atoms with Crippen LogP contribution in [-0.4, -0.2) is 40.4 Å². The lowest BCUT2D eigenvalue weighted by Gasteiger charge is -2.36. The molecule has 0 aromatic carbocycles. The molecule has 5 heteroatoms. The summed E-state index contributed by atoms with van der Waals surface area (Å²) in [6.07, 6.45) is 5.17. The summed E-state index contributed by atoms with van der Waals surface area (Å²) in [7, 11) is 1.89. The summed E-state index contributed by atoms with van der Waals surface area (Å²) in [5.41, 5.74) is 1.06. The fourth-order valence-corrected chi connectivity index (χ4v) is 2.97. The van der Waals surface area contributed by atoms with E-state index in [9.17, 15) is 15.0 Å². The molecule has 2 rings (SSSR count). The van der Waals surface area contributed by atoms with Gasteiger partial charge in [0.2, 0.25) is 0 Å². The van der Waals surface area contributed by atoms with Crippen LogP contribution >= 0.6 is 0 Å². The van der Waals surface area contributed by atoms with Crippen LogP contribution in [0.25, 0.3) is 0 Å². The summed E-state index contributed by atoms with van der Waals surface area (Å²) in [6.45, 7) is 2.05. The quantitative estimate of drug-likeness (QED) is 0.872. The maximum absolute atomic E-state index is 11.3. The molecule has 0 aliphatic heterocycles. The number of aryl methyl sites for hydroxylation is 1. The predicted octanol–water partition coefficient (Wildman–Crippen LogP) is 2.47. The first-order valence-corrected chi connectivity index (χ1v) is 7.68. The molecule has 1 aromatic rings. The molecule has 2 N–H and O–H groups in total. The lowest BCUT2D eigenvalue weighted by atomic mass is 9.91. The molecule has 1 aromatic heterocycles. The Bertz CT molecular complexity index is 504. The van der Waals surface area contributed by atoms with Gasteiger partial charge in [-0.15, -0.1) is 0 Å². The van der Waals surface area contributed by atoms with Gasteiger partial charge in [0.05, 0.1) is 17.7 Å². The van der Waals surface area contributed by atoms with Crippen LogP contribution < -0.4 is 4.90 Å². The van der Waals surface area contributed by atoms with Crippen LogP contribution in [0.2, 0.25) is 0 Å². The molecular formula is C16H24N2O3. The van der Waals surface area contributed by atoms with E-state index in [0.29, 0.717) is 5.82 Å². The van der Waals surface area contributed by atoms with Crippen LogP contribution in [0.5, 0.6) is 0 Å². The number of carboxylic acids is 1. The van der Waals surface area contributed by atoms with E-state index >= 15 is 0 Å². The maximum atomic E-state index is 11.3. The minimum absolute atomic E-state index is 0.0183. The molecule has 0 bridgehead atoms. The van der Waals surface area contributed by atoms with Crippen molar-refractivity contribution in [2.75, 3.05) is 11.9 Å². The highest BCUT2D eigenvalue weighted by Crippen LogP contribution is 2.26. The molecule has 21 heavy (non-hydrogen) atoms. The van der Waals surface area contributed by atoms with Gasteiger partial charge >= 0.3 is 5.97 Å². The monoisotopic (exact) mass is 292 g/mol. The number of aromatic nitrogens is 1. The largest absolute Gasteiger partial charge is 0.478 e. The molecule has 116 valence electrons. The van der Waals surface area contributed by atoms with Gasteiger partial charge < -0.3 is 15.1 Å². The Morgan fingerprint density at radius 2 is 2.10 bits per heavy atom. The fourth-order valence-electron chi connectivity index (χ4n) is 2.97. The van der Waals surface area contributed by atoms with Crippen molar-refractivity contribution in [1.29, 1.82) is 0 Å². The van der Waals surface area contributed by atoms with E-state index < -0.39 is 5.97 Å². The summed E-state index contributed by atoms with van der Waals surface area (Å²) in [6, 6.07) is 3.26. The molecule has 0 amide bonds. The van der Waals surface area contributed by atoms with Crippen LogP contribution in [0.3, 0.4) is 0 Å². The van der Waals surface area contributed by atoms with Gasteiger partial charge in [0.1, 0.15) is 5.82 Å². The lowest BCUT2D eigenvalue weighted by Crippen LogP contribution is -2.44. The second-order valence-electron chi connectivity index (χ2n) is 5.79. The average Bonchev–Trinajstić information content (AvgIpc) is 2.47. The van der Waals surface area contributed by atoms with E-state index in [1.165, 1.54) is 0 Å². The van der Waals surface area contributed by atoms with E-state index in [1.54, 1.807) is 12.1 Å². The first-order valence-electron chi connectivity index (χ1n) is 7.68. The van der Waals surface area contributed by atoms with Crippen molar-refractivity contribution in [1.82, 2.24) is 4.98 Å². The van der Waals surface area contributed by atoms with Crippen molar-refractivity contribution in [3.8, 4) is 0 Å². The number of nitrogens with zero attached hydrogens (tertiary/aromatic N) is 2. The molecule has 1 aliphatic carbocycles. The molecule has 0 radical (unpaired) electrons. The predicted molar refractivity (Wildman–Crippen MR) is 81.9 cm³/mol. The van der Waals surface area contributed by atoms with Gasteiger partial charge in [0.25, 0.3) is 0 Å². The summed E-state index contributed by atoms with van der Waals surface area (Å²) >= 11 is 0. The van der Waals surface area contributed by atoms with Gasteiger partial charge in [-0.3, -0.25) is 0 Å². The molecule has 5 nitrogen and oxygen atoms in total. The van der Waals surface area contributed by atoms with Crippen molar-refractivity contribution < 1.29 is 15.0 Å². The van der Waals surface area contributed by atoms with Gasteiger partial charge in [0, 0.05) is 12.7 Å². The maximum Gasteiger partial charge on any atom is 0.335 e. The van der Waals surface area contributed by atoms with Crippen molar-refractivity contribution in [3.05, 3.63) is 23.4 Å². The molecular weight excluding hydrogens is 268 g/mol. The minimum atomic E-state index is -0.936. The standard InChI is InChI=1S/C16H24N2O3/c1-3-6-12-9-11(16(20)21)10-15(17-12)18(2)13-7-4-5-8-14(13)19/h9-10,13-14,19H,3-8H2,1-2H3,(H,20,21). The molecule has 0 spiro atoms. The van der Waals surface area contributed by atoms with E-state index in [0.717, 1.165) is 44.2 Å². The van der Waals surface area contributed by atoms with Crippen molar-refractivity contribution in [2.45, 2.75) is 57.6 Å². The number of aliphatic hydroxyl groups excluding tert-OH is 1. The van der Waals surface area contributed by atoms with Crippen LogP contribution in [0.4, 0.5) is 5.82 Å². The average molecular weight is 292 g/mol. The van der Waals surface area contributed by atoms with Gasteiger partial charge in [-0.1, -0.05) is 26.2 Å². The Kier molecular flexibility index (Phi) is 5.17. The summed E-state index contributed by atoms with van der Waals surface area (Å²) in [5, 5.41) is 19.4. The smallest absolute Gasteiger partial charge is 0.335 e. The highest BCUT2D eigenvalue weighted by atomic mass is 16.4. The first-order chi connectivity index (χ1) is 10.0. The lowest BCUT2D eigenvalue weighted by molar-refractivity contribution is 0.0696. The molecule has 1 aliphatic rings. The Balaban J connectivity index is 2.30. The topological polar surface area (TPSA) is 73.7 Å². The number of aliphatic hydroxyl groups is 1. The minimum Gasteiger partial charge on any atom is -0.478 e. The second kappa shape index (κ2) is 6.89. The van der Waals surface area contributed by atoms with Crippen LogP contribution in [-0.2, 0) is 6.42 Å². The molecule has 1 fully saturated rings. The zero-order valence-corrected chi connectivity index (χ0v) is 12.7. The molecule has 0 saturated heterocycles. The second-order valence-corrected chi connectivity index (χ2v) is 5.79. The highest BCUT2D eigenvalue weighted by Gasteiger charge is 2.28. The van der Waals surface area contributed by atoms with E-state index in [2.05, 4.69) is 4.98 Å². The Labute approximate surface area is 125 Å². The van der Waals surface area contributed by atoms with Gasteiger partial charge in [0.15, 0.2) is 0 Å². The Hall–Kier alpha value is -1.62. The van der Waals surface area contributed by atoms with E-state index in [1.807, 2.05) is 18.9 Å². The van der Waals surface area contributed by atoms with Gasteiger partial charge in [-0.2, -0.15) is 0 Å².